The zero-order chi connectivity index (χ0) is 20.1. The molecule has 1 unspecified atom stereocenters. The number of hydrogen-bond acceptors (Lipinski definition) is 5. The van der Waals surface area contributed by atoms with E-state index in [-0.39, 0.29) is 0 Å². The van der Waals surface area contributed by atoms with Crippen LogP contribution in [0.5, 0.6) is 5.75 Å². The highest BCUT2D eigenvalue weighted by Crippen LogP contribution is 2.29. The van der Waals surface area contributed by atoms with Crippen molar-refractivity contribution in [2.45, 2.75) is 30.3 Å². The monoisotopic (exact) mass is 411 g/mol. The van der Waals surface area contributed by atoms with Gasteiger partial charge in [0, 0.05) is 50.2 Å². The van der Waals surface area contributed by atoms with Gasteiger partial charge in [-0.05, 0) is 55.5 Å². The summed E-state index contributed by atoms with van der Waals surface area (Å²) in [5.41, 5.74) is 2.67. The van der Waals surface area contributed by atoms with Crippen molar-refractivity contribution in [2.75, 3.05) is 57.5 Å². The minimum atomic E-state index is 0.687. The van der Waals surface area contributed by atoms with E-state index in [4.69, 9.17) is 4.74 Å². The topological polar surface area (TPSA) is 19.0 Å². The van der Waals surface area contributed by atoms with Crippen LogP contribution in [0, 0.1) is 0 Å². The molecule has 2 aromatic carbocycles. The average molecular weight is 412 g/mol. The number of thioether (sulfide) groups is 1. The number of nitrogens with zero attached hydrogens (tertiary/aromatic N) is 3. The Morgan fingerprint density at radius 3 is 2.62 bits per heavy atom. The molecule has 0 spiro atoms. The third kappa shape index (κ3) is 5.08. The summed E-state index contributed by atoms with van der Waals surface area (Å²) in [4.78, 5) is 9.21. The van der Waals surface area contributed by atoms with E-state index in [1.807, 2.05) is 17.8 Å². The van der Waals surface area contributed by atoms with Gasteiger partial charge in [-0.25, -0.2) is 0 Å². The van der Waals surface area contributed by atoms with Crippen molar-refractivity contribution in [1.29, 1.82) is 0 Å². The van der Waals surface area contributed by atoms with Crippen LogP contribution < -0.4 is 9.64 Å². The molecule has 29 heavy (non-hydrogen) atoms. The van der Waals surface area contributed by atoms with E-state index in [1.54, 1.807) is 7.11 Å². The standard InChI is InChI=1S/C24H33N3OS/c1-28-24-11-4-3-10-23(24)27-15-13-26(14-16-27)21-8-6-12-25(19-21)18-20-7-5-9-22(17-20)29-2/h3-5,7,9-11,17,21H,6,8,12-16,18-19H2,1-2H3. The fraction of sp³-hybridized carbons (Fsp3) is 0.500. The summed E-state index contributed by atoms with van der Waals surface area (Å²) in [7, 11) is 1.76. The van der Waals surface area contributed by atoms with Crippen LogP contribution >= 0.6 is 11.8 Å². The van der Waals surface area contributed by atoms with E-state index >= 15 is 0 Å². The number of methoxy groups -OCH3 is 1. The Balaban J connectivity index is 1.32. The Bertz CT molecular complexity index is 791. The predicted octanol–water partition coefficient (Wildman–Crippen LogP) is 4.20. The number of anilines is 1. The Labute approximate surface area is 179 Å². The van der Waals surface area contributed by atoms with Crippen LogP contribution in [-0.2, 0) is 6.54 Å². The van der Waals surface area contributed by atoms with E-state index in [1.165, 1.54) is 42.1 Å². The summed E-state index contributed by atoms with van der Waals surface area (Å²) in [5.74, 6) is 0.984. The van der Waals surface area contributed by atoms with Gasteiger partial charge >= 0.3 is 0 Å². The molecule has 4 nitrogen and oxygen atoms in total. The molecule has 2 aromatic rings. The lowest BCUT2D eigenvalue weighted by Crippen LogP contribution is -2.55. The van der Waals surface area contributed by atoms with Crippen LogP contribution in [-0.4, -0.2) is 68.5 Å². The highest BCUT2D eigenvalue weighted by molar-refractivity contribution is 7.98. The largest absolute Gasteiger partial charge is 0.495 e. The Kier molecular flexibility index (Phi) is 7.01. The van der Waals surface area contributed by atoms with E-state index in [9.17, 15) is 0 Å². The molecule has 2 heterocycles. The molecule has 156 valence electrons. The number of ether oxygens (including phenoxy) is 1. The van der Waals surface area contributed by atoms with Crippen LogP contribution in [0.3, 0.4) is 0 Å². The molecule has 0 saturated carbocycles. The van der Waals surface area contributed by atoms with Gasteiger partial charge in [0.25, 0.3) is 0 Å². The normalized spacial score (nSPS) is 21.3. The Morgan fingerprint density at radius 2 is 1.83 bits per heavy atom. The Hall–Kier alpha value is -1.69. The van der Waals surface area contributed by atoms with Crippen molar-refractivity contribution in [3.63, 3.8) is 0 Å². The Morgan fingerprint density at radius 1 is 1.00 bits per heavy atom. The highest BCUT2D eigenvalue weighted by Gasteiger charge is 2.28. The van der Waals surface area contributed by atoms with Crippen molar-refractivity contribution in [3.05, 3.63) is 54.1 Å². The van der Waals surface area contributed by atoms with Gasteiger partial charge in [0.15, 0.2) is 0 Å². The van der Waals surface area contributed by atoms with E-state index in [2.05, 4.69) is 63.4 Å². The lowest BCUT2D eigenvalue weighted by atomic mass is 10.0. The molecule has 0 bridgehead atoms. The van der Waals surface area contributed by atoms with Gasteiger partial charge in [-0.1, -0.05) is 24.3 Å². The van der Waals surface area contributed by atoms with E-state index in [0.29, 0.717) is 6.04 Å². The van der Waals surface area contributed by atoms with Crippen molar-refractivity contribution in [1.82, 2.24) is 9.80 Å². The fourth-order valence-corrected chi connectivity index (χ4v) is 5.20. The van der Waals surface area contributed by atoms with Gasteiger partial charge in [0.2, 0.25) is 0 Å². The number of rotatable bonds is 6. The molecule has 2 saturated heterocycles. The molecule has 0 amide bonds. The molecule has 0 radical (unpaired) electrons. The van der Waals surface area contributed by atoms with E-state index < -0.39 is 0 Å². The third-order valence-corrected chi connectivity index (χ3v) is 7.00. The molecule has 2 aliphatic heterocycles. The molecule has 0 N–H and O–H groups in total. The highest BCUT2D eigenvalue weighted by atomic mass is 32.2. The van der Waals surface area contributed by atoms with Crippen LogP contribution in [0.1, 0.15) is 18.4 Å². The fourth-order valence-electron chi connectivity index (χ4n) is 4.72. The molecule has 5 heteroatoms. The predicted molar refractivity (Wildman–Crippen MR) is 123 cm³/mol. The molecule has 1 atom stereocenters. The number of piperidine rings is 1. The first-order chi connectivity index (χ1) is 14.3. The summed E-state index contributed by atoms with van der Waals surface area (Å²) >= 11 is 1.83. The van der Waals surface area contributed by atoms with Crippen molar-refractivity contribution >= 4 is 17.4 Å². The van der Waals surface area contributed by atoms with Crippen molar-refractivity contribution in [3.8, 4) is 5.75 Å². The number of likely N-dealkylation sites (tertiary alicyclic amines) is 1. The lowest BCUT2D eigenvalue weighted by Gasteiger charge is -2.44. The molecular formula is C24H33N3OS. The second kappa shape index (κ2) is 9.88. The first kappa shape index (κ1) is 20.6. The van der Waals surface area contributed by atoms with E-state index in [0.717, 1.165) is 38.5 Å². The van der Waals surface area contributed by atoms with Gasteiger partial charge in [-0.3, -0.25) is 9.80 Å². The van der Waals surface area contributed by atoms with Crippen LogP contribution in [0.2, 0.25) is 0 Å². The van der Waals surface area contributed by atoms with Gasteiger partial charge < -0.3 is 9.64 Å². The summed E-state index contributed by atoms with van der Waals surface area (Å²) in [6.45, 7) is 7.92. The maximum absolute atomic E-state index is 5.57. The molecule has 2 fully saturated rings. The van der Waals surface area contributed by atoms with Crippen molar-refractivity contribution in [2.24, 2.45) is 0 Å². The van der Waals surface area contributed by atoms with Gasteiger partial charge in [-0.15, -0.1) is 11.8 Å². The van der Waals surface area contributed by atoms with Gasteiger partial charge in [0.05, 0.1) is 12.8 Å². The smallest absolute Gasteiger partial charge is 0.142 e. The zero-order valence-electron chi connectivity index (χ0n) is 17.7. The zero-order valence-corrected chi connectivity index (χ0v) is 18.5. The molecule has 2 aliphatic rings. The van der Waals surface area contributed by atoms with Crippen LogP contribution in [0.4, 0.5) is 5.69 Å². The molecule has 4 rings (SSSR count). The first-order valence-corrected chi connectivity index (χ1v) is 12.0. The molecule has 0 aliphatic carbocycles. The second-order valence-corrected chi connectivity index (χ2v) is 8.96. The number of piperazine rings is 1. The first-order valence-electron chi connectivity index (χ1n) is 10.7. The minimum Gasteiger partial charge on any atom is -0.495 e. The van der Waals surface area contributed by atoms with Crippen LogP contribution in [0.25, 0.3) is 0 Å². The molecule has 0 aromatic heterocycles. The summed E-state index contributed by atoms with van der Waals surface area (Å²) in [6, 6.07) is 18.1. The maximum Gasteiger partial charge on any atom is 0.142 e. The lowest BCUT2D eigenvalue weighted by molar-refractivity contribution is 0.0887. The average Bonchev–Trinajstić information content (AvgIpc) is 2.79. The van der Waals surface area contributed by atoms with Gasteiger partial charge in [-0.2, -0.15) is 0 Å². The quantitative estimate of drug-likeness (QED) is 0.661. The third-order valence-electron chi connectivity index (χ3n) is 6.28. The number of hydrogen-bond donors (Lipinski definition) is 0. The minimum absolute atomic E-state index is 0.687. The SMILES string of the molecule is COc1ccccc1N1CCN(C2CCCN(Cc3cccc(SC)c3)C2)CC1. The maximum atomic E-state index is 5.57. The summed E-state index contributed by atoms with van der Waals surface area (Å²) in [6.07, 6.45) is 4.79. The molecular weight excluding hydrogens is 378 g/mol. The second-order valence-electron chi connectivity index (χ2n) is 8.08. The number of para-hydroxylation sites is 2. The van der Waals surface area contributed by atoms with Crippen LogP contribution in [0.15, 0.2) is 53.4 Å². The summed E-state index contributed by atoms with van der Waals surface area (Å²) < 4.78 is 5.57. The number of benzene rings is 2. The van der Waals surface area contributed by atoms with Crippen molar-refractivity contribution < 1.29 is 4.74 Å². The summed E-state index contributed by atoms with van der Waals surface area (Å²) in [5, 5.41) is 0. The van der Waals surface area contributed by atoms with Gasteiger partial charge in [0.1, 0.15) is 5.75 Å².